The predicted molar refractivity (Wildman–Crippen MR) is 95.8 cm³/mol. The third kappa shape index (κ3) is 2.49. The van der Waals surface area contributed by atoms with Crippen LogP contribution >= 0.6 is 0 Å². The molecule has 2 aromatic heterocycles. The number of aromatic nitrogens is 3. The summed E-state index contributed by atoms with van der Waals surface area (Å²) in [5.74, 6) is 0.437. The number of ether oxygens (including phenoxy) is 1. The van der Waals surface area contributed by atoms with Crippen LogP contribution in [0.1, 0.15) is 54.2 Å². The van der Waals surface area contributed by atoms with Gasteiger partial charge in [-0.15, -0.1) is 4.91 Å². The molecule has 8 nitrogen and oxygen atoms in total. The van der Waals surface area contributed by atoms with Crippen LogP contribution in [0.2, 0.25) is 0 Å². The zero-order chi connectivity index (χ0) is 18.3. The lowest BCUT2D eigenvalue weighted by atomic mass is 9.88. The summed E-state index contributed by atoms with van der Waals surface area (Å²) in [4.78, 5) is 42.2. The first-order chi connectivity index (χ1) is 12.6. The average molecular weight is 354 g/mol. The summed E-state index contributed by atoms with van der Waals surface area (Å²) in [5, 5.41) is 2.46. The highest BCUT2D eigenvalue weighted by atomic mass is 16.5. The van der Waals surface area contributed by atoms with Gasteiger partial charge in [-0.2, -0.15) is 0 Å². The number of amides is 1. The summed E-state index contributed by atoms with van der Waals surface area (Å²) in [6.45, 7) is 0. The van der Waals surface area contributed by atoms with E-state index in [4.69, 9.17) is 4.74 Å². The Morgan fingerprint density at radius 3 is 2.73 bits per heavy atom. The van der Waals surface area contributed by atoms with Crippen molar-refractivity contribution in [2.24, 2.45) is 5.18 Å². The number of imidazole rings is 1. The number of methoxy groups -OCH3 is 1. The van der Waals surface area contributed by atoms with E-state index in [0.717, 1.165) is 31.5 Å². The van der Waals surface area contributed by atoms with Gasteiger partial charge in [-0.25, -0.2) is 4.98 Å². The Morgan fingerprint density at radius 1 is 1.27 bits per heavy atom. The molecule has 0 saturated heterocycles. The standard InChI is InChI=1S/C18H18N4O4/c1-26-15-8-13-12(7-11(15)17(23)21-25)20-18(24)14-9-19-16(22(13)14)10-5-3-2-4-6-10/h7-10H,2-6H2,1H3,(H,20,24). The maximum Gasteiger partial charge on any atom is 0.320 e. The van der Waals surface area contributed by atoms with Crippen molar-refractivity contribution in [3.63, 3.8) is 0 Å². The normalized spacial score (nSPS) is 15.4. The monoisotopic (exact) mass is 354 g/mol. The van der Waals surface area contributed by atoms with Gasteiger partial charge >= 0.3 is 5.91 Å². The predicted octanol–water partition coefficient (Wildman–Crippen LogP) is 3.14. The van der Waals surface area contributed by atoms with Gasteiger partial charge in [0.25, 0.3) is 5.56 Å². The van der Waals surface area contributed by atoms with Crippen molar-refractivity contribution in [2.75, 3.05) is 7.11 Å². The van der Waals surface area contributed by atoms with Crippen LogP contribution in [0.3, 0.4) is 0 Å². The molecular weight excluding hydrogens is 336 g/mol. The fourth-order valence-corrected chi connectivity index (χ4v) is 3.85. The van der Waals surface area contributed by atoms with Gasteiger partial charge < -0.3 is 9.72 Å². The molecule has 0 spiro atoms. The second-order valence-electron chi connectivity index (χ2n) is 6.59. The van der Waals surface area contributed by atoms with E-state index in [1.165, 1.54) is 19.6 Å². The molecule has 4 rings (SSSR count). The second kappa shape index (κ2) is 6.36. The average Bonchev–Trinajstić information content (AvgIpc) is 3.13. The Labute approximate surface area is 148 Å². The fourth-order valence-electron chi connectivity index (χ4n) is 3.85. The van der Waals surface area contributed by atoms with Gasteiger partial charge in [0, 0.05) is 17.2 Å². The van der Waals surface area contributed by atoms with Gasteiger partial charge in [-0.05, 0) is 18.9 Å². The summed E-state index contributed by atoms with van der Waals surface area (Å²) in [6, 6.07) is 3.08. The van der Waals surface area contributed by atoms with Gasteiger partial charge in [0.05, 0.1) is 29.9 Å². The maximum atomic E-state index is 12.5. The van der Waals surface area contributed by atoms with Crippen LogP contribution in [0.15, 0.2) is 28.3 Å². The van der Waals surface area contributed by atoms with Crippen molar-refractivity contribution in [2.45, 2.75) is 38.0 Å². The number of hydrogen-bond acceptors (Lipinski definition) is 5. The van der Waals surface area contributed by atoms with Gasteiger partial charge in [0.2, 0.25) is 0 Å². The summed E-state index contributed by atoms with van der Waals surface area (Å²) in [5.41, 5.74) is 1.29. The van der Waals surface area contributed by atoms with Gasteiger partial charge in [0.1, 0.15) is 17.1 Å². The molecule has 0 bridgehead atoms. The van der Waals surface area contributed by atoms with Gasteiger partial charge in [0.15, 0.2) is 0 Å². The van der Waals surface area contributed by atoms with E-state index < -0.39 is 5.91 Å². The third-order valence-corrected chi connectivity index (χ3v) is 5.11. The lowest BCUT2D eigenvalue weighted by Gasteiger charge is -2.21. The Kier molecular flexibility index (Phi) is 4.02. The van der Waals surface area contributed by atoms with Crippen LogP contribution in [0.4, 0.5) is 0 Å². The van der Waals surface area contributed by atoms with Crippen molar-refractivity contribution in [1.29, 1.82) is 0 Å². The van der Waals surface area contributed by atoms with Crippen LogP contribution in [0.25, 0.3) is 16.6 Å². The van der Waals surface area contributed by atoms with Crippen molar-refractivity contribution in [3.8, 4) is 5.75 Å². The molecule has 8 heteroatoms. The first-order valence-corrected chi connectivity index (χ1v) is 8.63. The van der Waals surface area contributed by atoms with Crippen molar-refractivity contribution in [3.05, 3.63) is 45.0 Å². The summed E-state index contributed by atoms with van der Waals surface area (Å²) >= 11 is 0. The van der Waals surface area contributed by atoms with E-state index in [2.05, 4.69) is 15.1 Å². The number of nitroso groups, excluding NO2 is 1. The molecule has 1 fully saturated rings. The zero-order valence-electron chi connectivity index (χ0n) is 14.3. The highest BCUT2D eigenvalue weighted by Crippen LogP contribution is 2.34. The number of nitrogens with zero attached hydrogens (tertiary/aromatic N) is 3. The van der Waals surface area contributed by atoms with Crippen LogP contribution in [-0.4, -0.2) is 27.4 Å². The number of rotatable bonds is 3. The number of carbonyl (C=O) groups excluding carboxylic acids is 1. The number of nitrogens with one attached hydrogen (secondary N) is 1. The minimum atomic E-state index is -0.942. The first-order valence-electron chi connectivity index (χ1n) is 8.63. The molecular formula is C18H18N4O4. The number of hydrogen-bond donors (Lipinski definition) is 1. The molecule has 1 amide bonds. The zero-order valence-corrected chi connectivity index (χ0v) is 14.3. The molecule has 1 aliphatic carbocycles. The molecule has 26 heavy (non-hydrogen) atoms. The SMILES string of the molecule is COc1cc2c(cc1C(=O)N=O)[nH]c(=O)c1cnc(C3CCCCC3)n12. The van der Waals surface area contributed by atoms with E-state index in [1.807, 2.05) is 4.40 Å². The molecule has 2 heterocycles. The van der Waals surface area contributed by atoms with E-state index in [-0.39, 0.29) is 16.9 Å². The minimum absolute atomic E-state index is 0.0179. The molecule has 0 unspecified atom stereocenters. The molecule has 3 aromatic rings. The van der Waals surface area contributed by atoms with Crippen LogP contribution < -0.4 is 10.3 Å². The summed E-state index contributed by atoms with van der Waals surface area (Å²) in [6.07, 6.45) is 7.17. The number of benzene rings is 1. The van der Waals surface area contributed by atoms with E-state index in [0.29, 0.717) is 22.5 Å². The number of aromatic amines is 1. The number of H-pyrrole nitrogens is 1. The Balaban J connectivity index is 2.03. The van der Waals surface area contributed by atoms with Gasteiger partial charge in [-0.3, -0.25) is 14.0 Å². The quantitative estimate of drug-likeness (QED) is 0.727. The molecule has 1 N–H and O–H groups in total. The smallest absolute Gasteiger partial charge is 0.320 e. The number of fused-ring (bicyclic) bond motifs is 3. The topological polar surface area (TPSA) is 106 Å². The number of carbonyl (C=O) groups is 1. The second-order valence-corrected chi connectivity index (χ2v) is 6.59. The Bertz CT molecular complexity index is 1080. The fraction of sp³-hybridized carbons (Fsp3) is 0.389. The maximum absolute atomic E-state index is 12.5. The van der Waals surface area contributed by atoms with E-state index >= 15 is 0 Å². The molecule has 1 saturated carbocycles. The van der Waals surface area contributed by atoms with Crippen molar-refractivity contribution < 1.29 is 9.53 Å². The molecule has 1 aliphatic rings. The molecule has 0 aliphatic heterocycles. The van der Waals surface area contributed by atoms with Crippen molar-refractivity contribution >= 4 is 22.5 Å². The van der Waals surface area contributed by atoms with Crippen LogP contribution in [0, 0.1) is 4.91 Å². The van der Waals surface area contributed by atoms with Crippen LogP contribution in [-0.2, 0) is 0 Å². The highest BCUT2D eigenvalue weighted by molar-refractivity contribution is 6.01. The minimum Gasteiger partial charge on any atom is -0.496 e. The van der Waals surface area contributed by atoms with E-state index in [1.54, 1.807) is 12.3 Å². The highest BCUT2D eigenvalue weighted by Gasteiger charge is 2.23. The van der Waals surface area contributed by atoms with Crippen LogP contribution in [0.5, 0.6) is 5.75 Å². The Morgan fingerprint density at radius 2 is 2.04 bits per heavy atom. The summed E-state index contributed by atoms with van der Waals surface area (Å²) in [7, 11) is 1.42. The molecule has 0 radical (unpaired) electrons. The lowest BCUT2D eigenvalue weighted by Crippen LogP contribution is -2.14. The first kappa shape index (κ1) is 16.4. The largest absolute Gasteiger partial charge is 0.496 e. The lowest BCUT2D eigenvalue weighted by molar-refractivity contribution is 0.0998. The molecule has 1 aromatic carbocycles. The Hall–Kier alpha value is -3.03. The van der Waals surface area contributed by atoms with Crippen molar-refractivity contribution in [1.82, 2.24) is 14.4 Å². The van der Waals surface area contributed by atoms with Gasteiger partial charge in [-0.1, -0.05) is 19.3 Å². The van der Waals surface area contributed by atoms with E-state index in [9.17, 15) is 14.5 Å². The molecule has 134 valence electrons. The summed E-state index contributed by atoms with van der Waals surface area (Å²) < 4.78 is 7.11. The third-order valence-electron chi connectivity index (χ3n) is 5.11. The molecule has 0 atom stereocenters.